The van der Waals surface area contributed by atoms with Crippen molar-refractivity contribution >= 4 is 33.5 Å². The van der Waals surface area contributed by atoms with Gasteiger partial charge in [-0.2, -0.15) is 0 Å². The van der Waals surface area contributed by atoms with Gasteiger partial charge in [0.2, 0.25) is 0 Å². The lowest BCUT2D eigenvalue weighted by molar-refractivity contribution is 0.0686. The quantitative estimate of drug-likeness (QED) is 0.410. The Morgan fingerprint density at radius 2 is 0.853 bits per heavy atom. The monoisotopic (exact) mass is 456 g/mol. The number of benzene rings is 3. The lowest BCUT2D eigenvalue weighted by Crippen LogP contribution is -2.24. The van der Waals surface area contributed by atoms with E-state index in [-0.39, 0.29) is 44.0 Å². The third kappa shape index (κ3) is 2.89. The van der Waals surface area contributed by atoms with Gasteiger partial charge in [-0.1, -0.05) is 12.1 Å². The molecule has 10 nitrogen and oxygen atoms in total. The summed E-state index contributed by atoms with van der Waals surface area (Å²) in [7, 11) is 0. The number of carboxylic acid groups (broad SMARTS) is 2. The fraction of sp³-hybridized carbons (Fsp3) is 0. The number of carbonyl (C=O) groups is 2. The lowest BCUT2D eigenvalue weighted by Gasteiger charge is -2.01. The summed E-state index contributed by atoms with van der Waals surface area (Å²) in [6, 6.07) is 12.9. The third-order valence-electron chi connectivity index (χ3n) is 5.59. The zero-order valence-corrected chi connectivity index (χ0v) is 17.0. The maximum Gasteiger partial charge on any atom is 0.335 e. The van der Waals surface area contributed by atoms with Crippen LogP contribution in [0, 0.1) is 0 Å². The van der Waals surface area contributed by atoms with Crippen molar-refractivity contribution in [3.8, 4) is 11.4 Å². The molecule has 5 rings (SSSR count). The van der Waals surface area contributed by atoms with Crippen molar-refractivity contribution < 1.29 is 19.8 Å². The topological polar surface area (TPSA) is 153 Å². The first kappa shape index (κ1) is 20.8. The molecule has 10 heteroatoms. The van der Waals surface area contributed by atoms with Crippen LogP contribution in [0.2, 0.25) is 0 Å². The number of carboxylic acids is 2. The Balaban J connectivity index is 1.79. The molecule has 0 bridgehead atoms. The lowest BCUT2D eigenvalue weighted by atomic mass is 10.1. The Morgan fingerprint density at radius 3 is 1.15 bits per heavy atom. The van der Waals surface area contributed by atoms with Crippen LogP contribution in [-0.2, 0) is 0 Å². The van der Waals surface area contributed by atoms with Crippen molar-refractivity contribution in [2.45, 2.75) is 0 Å². The number of fused-ring (bicyclic) bond motifs is 2. The minimum Gasteiger partial charge on any atom is -0.478 e. The standard InChI is InChI=1S/C24H12N2O8/c27-19-15-9-17-18(22(30)26(21(17)29)14-6-2-4-12(8-14)24(33)34)10-16(15)20(28)25(19)13-5-1-3-11(7-13)23(31)32/h1-10H,(H,31,32)(H,33,34). The highest BCUT2D eigenvalue weighted by Crippen LogP contribution is 2.18. The highest BCUT2D eigenvalue weighted by Gasteiger charge is 2.21. The third-order valence-corrected chi connectivity index (χ3v) is 5.59. The number of aromatic nitrogens is 2. The van der Waals surface area contributed by atoms with Crippen LogP contribution >= 0.6 is 0 Å². The normalized spacial score (nSPS) is 11.3. The molecule has 0 spiro atoms. The molecule has 0 atom stereocenters. The predicted molar refractivity (Wildman–Crippen MR) is 121 cm³/mol. The van der Waals surface area contributed by atoms with Crippen LogP contribution in [0.15, 0.2) is 79.8 Å². The average Bonchev–Trinajstić information content (AvgIpc) is 3.22. The molecule has 0 aliphatic rings. The first-order chi connectivity index (χ1) is 16.2. The second kappa shape index (κ2) is 7.20. The molecule has 2 N–H and O–H groups in total. The molecule has 0 radical (unpaired) electrons. The van der Waals surface area contributed by atoms with Gasteiger partial charge in [-0.25, -0.2) is 18.7 Å². The van der Waals surface area contributed by atoms with E-state index in [1.165, 1.54) is 48.5 Å². The maximum atomic E-state index is 13.0. The van der Waals surface area contributed by atoms with Crippen LogP contribution in [0.1, 0.15) is 20.7 Å². The van der Waals surface area contributed by atoms with Gasteiger partial charge >= 0.3 is 11.9 Å². The maximum absolute atomic E-state index is 13.0. The van der Waals surface area contributed by atoms with E-state index in [9.17, 15) is 39.0 Å². The van der Waals surface area contributed by atoms with Crippen LogP contribution in [0.4, 0.5) is 0 Å². The van der Waals surface area contributed by atoms with Crippen molar-refractivity contribution in [1.29, 1.82) is 0 Å². The van der Waals surface area contributed by atoms with Crippen molar-refractivity contribution in [2.75, 3.05) is 0 Å². The first-order valence-electron chi connectivity index (χ1n) is 9.81. The summed E-state index contributed by atoms with van der Waals surface area (Å²) >= 11 is 0. The van der Waals surface area contributed by atoms with Crippen molar-refractivity contribution in [1.82, 2.24) is 9.13 Å². The Morgan fingerprint density at radius 1 is 0.529 bits per heavy atom. The number of nitrogens with zero attached hydrogens (tertiary/aromatic N) is 2. The van der Waals surface area contributed by atoms with Crippen LogP contribution in [-0.4, -0.2) is 31.3 Å². The predicted octanol–water partition coefficient (Wildman–Crippen LogP) is 1.29. The van der Waals surface area contributed by atoms with E-state index in [2.05, 4.69) is 0 Å². The molecular formula is C24H12N2O8. The Labute approximate surface area is 187 Å². The fourth-order valence-electron chi connectivity index (χ4n) is 4.00. The summed E-state index contributed by atoms with van der Waals surface area (Å²) in [4.78, 5) is 74.6. The van der Waals surface area contributed by atoms with Crippen molar-refractivity contribution in [2.24, 2.45) is 0 Å². The minimum absolute atomic E-state index is 0.0380. The molecule has 0 amide bonds. The molecule has 0 fully saturated rings. The highest BCUT2D eigenvalue weighted by atomic mass is 16.4. The second-order valence-corrected chi connectivity index (χ2v) is 7.55. The van der Waals surface area contributed by atoms with Gasteiger partial charge in [0.25, 0.3) is 22.2 Å². The smallest absolute Gasteiger partial charge is 0.335 e. The Kier molecular flexibility index (Phi) is 4.40. The molecule has 166 valence electrons. The fourth-order valence-corrected chi connectivity index (χ4v) is 4.00. The highest BCUT2D eigenvalue weighted by molar-refractivity contribution is 5.98. The van der Waals surface area contributed by atoms with Gasteiger partial charge in [0, 0.05) is 0 Å². The van der Waals surface area contributed by atoms with Crippen LogP contribution in [0.5, 0.6) is 0 Å². The van der Waals surface area contributed by atoms with E-state index in [1.54, 1.807) is 0 Å². The molecule has 0 saturated carbocycles. The van der Waals surface area contributed by atoms with Gasteiger partial charge in [0.05, 0.1) is 44.0 Å². The minimum atomic E-state index is -1.24. The van der Waals surface area contributed by atoms with Gasteiger partial charge in [-0.05, 0) is 48.5 Å². The molecular weight excluding hydrogens is 444 g/mol. The van der Waals surface area contributed by atoms with Gasteiger partial charge in [-0.3, -0.25) is 19.2 Å². The summed E-state index contributed by atoms with van der Waals surface area (Å²) in [5, 5.41) is 18.0. The summed E-state index contributed by atoms with van der Waals surface area (Å²) in [6.07, 6.45) is 0. The Bertz CT molecular complexity index is 1690. The number of rotatable bonds is 4. The molecule has 5 aromatic rings. The molecule has 2 heterocycles. The summed E-state index contributed by atoms with van der Waals surface area (Å²) in [5.41, 5.74) is -3.24. The largest absolute Gasteiger partial charge is 0.478 e. The van der Waals surface area contributed by atoms with E-state index < -0.39 is 34.2 Å². The van der Waals surface area contributed by atoms with Crippen molar-refractivity contribution in [3.05, 3.63) is 113 Å². The van der Waals surface area contributed by atoms with E-state index in [0.717, 1.165) is 21.3 Å². The molecule has 0 aliphatic heterocycles. The average molecular weight is 456 g/mol. The first-order valence-corrected chi connectivity index (χ1v) is 9.81. The molecule has 0 saturated heterocycles. The molecule has 0 unspecified atom stereocenters. The zero-order chi connectivity index (χ0) is 24.3. The van der Waals surface area contributed by atoms with Crippen LogP contribution in [0.3, 0.4) is 0 Å². The van der Waals surface area contributed by atoms with Gasteiger partial charge in [0.1, 0.15) is 0 Å². The SMILES string of the molecule is O=C(O)c1cccc(-n2c(=O)c3cc4c(=O)n(-c5cccc(C(=O)O)c5)c(=O)c4cc3c2=O)c1. The molecule has 3 aromatic carbocycles. The molecule has 2 aromatic heterocycles. The van der Waals surface area contributed by atoms with E-state index in [4.69, 9.17) is 0 Å². The van der Waals surface area contributed by atoms with E-state index in [1.807, 2.05) is 0 Å². The number of hydrogen-bond donors (Lipinski definition) is 2. The summed E-state index contributed by atoms with van der Waals surface area (Å²) in [6.45, 7) is 0. The van der Waals surface area contributed by atoms with E-state index in [0.29, 0.717) is 0 Å². The summed E-state index contributed by atoms with van der Waals surface area (Å²) in [5.74, 6) is -2.47. The van der Waals surface area contributed by atoms with Gasteiger partial charge in [-0.15, -0.1) is 0 Å². The van der Waals surface area contributed by atoms with Crippen LogP contribution in [0.25, 0.3) is 32.9 Å². The number of aromatic carboxylic acids is 2. The van der Waals surface area contributed by atoms with Gasteiger partial charge < -0.3 is 10.2 Å². The van der Waals surface area contributed by atoms with E-state index >= 15 is 0 Å². The second-order valence-electron chi connectivity index (χ2n) is 7.55. The summed E-state index contributed by atoms with van der Waals surface area (Å²) < 4.78 is 1.57. The molecule has 34 heavy (non-hydrogen) atoms. The number of hydrogen-bond acceptors (Lipinski definition) is 6. The molecule has 0 aliphatic carbocycles. The zero-order valence-electron chi connectivity index (χ0n) is 17.0. The van der Waals surface area contributed by atoms with Gasteiger partial charge in [0.15, 0.2) is 0 Å². The Hall–Kier alpha value is -5.12. The van der Waals surface area contributed by atoms with Crippen molar-refractivity contribution in [3.63, 3.8) is 0 Å². The van der Waals surface area contributed by atoms with Crippen LogP contribution < -0.4 is 22.2 Å².